The molecule has 2 rings (SSSR count). The molecule has 0 atom stereocenters. The molecule has 4 N–H and O–H groups in total. The molecular weight excluding hydrogens is 232 g/mol. The lowest BCUT2D eigenvalue weighted by Crippen LogP contribution is -2.13. The molecule has 1 amide bonds. The Morgan fingerprint density at radius 3 is 2.72 bits per heavy atom. The van der Waals surface area contributed by atoms with Crippen LogP contribution >= 0.6 is 0 Å². The Kier molecular flexibility index (Phi) is 3.24. The maximum absolute atomic E-state index is 11.9. The van der Waals surface area contributed by atoms with Gasteiger partial charge >= 0.3 is 0 Å². The van der Waals surface area contributed by atoms with E-state index in [2.05, 4.69) is 20.8 Å². The van der Waals surface area contributed by atoms with Crippen molar-refractivity contribution in [3.63, 3.8) is 0 Å². The fourth-order valence-corrected chi connectivity index (χ4v) is 1.53. The smallest absolute Gasteiger partial charge is 0.257 e. The number of nitrogens with two attached hydrogens (primary N) is 1. The first-order chi connectivity index (χ1) is 8.60. The molecule has 2 aromatic rings. The van der Waals surface area contributed by atoms with Gasteiger partial charge in [0.1, 0.15) is 5.82 Å². The molecule has 0 saturated heterocycles. The predicted octanol–water partition coefficient (Wildman–Crippen LogP) is 0.661. The van der Waals surface area contributed by atoms with Crippen LogP contribution in [0.15, 0.2) is 24.5 Å². The number of amides is 1. The number of hydrazine groups is 1. The molecule has 0 aliphatic heterocycles. The van der Waals surface area contributed by atoms with Crippen molar-refractivity contribution in [1.82, 2.24) is 14.8 Å². The minimum Gasteiger partial charge on any atom is -0.319 e. The molecule has 0 unspecified atom stereocenters. The van der Waals surface area contributed by atoms with Gasteiger partial charge in [0.2, 0.25) is 0 Å². The van der Waals surface area contributed by atoms with Gasteiger partial charge in [-0.25, -0.2) is 10.8 Å². The zero-order valence-corrected chi connectivity index (χ0v) is 10.1. The second-order valence-corrected chi connectivity index (χ2v) is 3.83. The van der Waals surface area contributed by atoms with Crippen LogP contribution in [0.25, 0.3) is 0 Å². The minimum absolute atomic E-state index is 0.234. The third kappa shape index (κ3) is 2.46. The van der Waals surface area contributed by atoms with Gasteiger partial charge in [-0.1, -0.05) is 0 Å². The van der Waals surface area contributed by atoms with Crippen molar-refractivity contribution >= 4 is 17.4 Å². The average Bonchev–Trinajstić information content (AvgIpc) is 2.68. The highest BCUT2D eigenvalue weighted by molar-refractivity contribution is 6.04. The van der Waals surface area contributed by atoms with Crippen LogP contribution in [0.3, 0.4) is 0 Å². The molecule has 2 aromatic heterocycles. The van der Waals surface area contributed by atoms with Gasteiger partial charge in [0.15, 0.2) is 0 Å². The number of carbonyl (C=O) groups is 1. The van der Waals surface area contributed by atoms with E-state index in [1.165, 1.54) is 6.20 Å². The molecule has 94 valence electrons. The summed E-state index contributed by atoms with van der Waals surface area (Å²) in [5.74, 6) is 5.47. The maximum Gasteiger partial charge on any atom is 0.257 e. The van der Waals surface area contributed by atoms with E-state index < -0.39 is 0 Å². The van der Waals surface area contributed by atoms with Gasteiger partial charge < -0.3 is 10.7 Å². The van der Waals surface area contributed by atoms with Crippen molar-refractivity contribution in [2.45, 2.75) is 6.92 Å². The van der Waals surface area contributed by atoms with E-state index >= 15 is 0 Å². The van der Waals surface area contributed by atoms with E-state index in [4.69, 9.17) is 5.84 Å². The summed E-state index contributed by atoms with van der Waals surface area (Å²) in [5, 5.41) is 6.92. The van der Waals surface area contributed by atoms with Gasteiger partial charge in [0, 0.05) is 19.4 Å². The number of aromatic nitrogens is 3. The van der Waals surface area contributed by atoms with Crippen LogP contribution in [0, 0.1) is 6.92 Å². The highest BCUT2D eigenvalue weighted by Crippen LogP contribution is 2.13. The van der Waals surface area contributed by atoms with Crippen LogP contribution in [0.4, 0.5) is 11.5 Å². The van der Waals surface area contributed by atoms with Gasteiger partial charge in [0.25, 0.3) is 5.91 Å². The summed E-state index contributed by atoms with van der Waals surface area (Å²) in [6.45, 7) is 1.83. The van der Waals surface area contributed by atoms with E-state index in [0.29, 0.717) is 17.1 Å². The molecule has 7 nitrogen and oxygen atoms in total. The molecule has 18 heavy (non-hydrogen) atoms. The minimum atomic E-state index is -0.234. The van der Waals surface area contributed by atoms with Crippen molar-refractivity contribution < 1.29 is 4.79 Å². The molecule has 7 heteroatoms. The van der Waals surface area contributed by atoms with Crippen molar-refractivity contribution in [2.24, 2.45) is 12.9 Å². The summed E-state index contributed by atoms with van der Waals surface area (Å²) in [6, 6.07) is 3.27. The van der Waals surface area contributed by atoms with Crippen molar-refractivity contribution in [3.8, 4) is 0 Å². The standard InChI is InChI=1S/C11H14N6O/c1-7-9(6-17(2)16-7)14-11(18)8-3-4-10(15-12)13-5-8/h3-6H,12H2,1-2H3,(H,13,15)(H,14,18). The second-order valence-electron chi connectivity index (χ2n) is 3.83. The monoisotopic (exact) mass is 246 g/mol. The average molecular weight is 246 g/mol. The quantitative estimate of drug-likeness (QED) is 0.546. The Balaban J connectivity index is 2.14. The van der Waals surface area contributed by atoms with Crippen LogP contribution in [0.2, 0.25) is 0 Å². The molecule has 0 saturated carbocycles. The molecular formula is C11H14N6O. The van der Waals surface area contributed by atoms with E-state index in [1.807, 2.05) is 6.92 Å². The van der Waals surface area contributed by atoms with Crippen molar-refractivity contribution in [1.29, 1.82) is 0 Å². The first kappa shape index (κ1) is 12.1. The van der Waals surface area contributed by atoms with Gasteiger partial charge in [-0.2, -0.15) is 5.10 Å². The summed E-state index contributed by atoms with van der Waals surface area (Å²) in [7, 11) is 1.80. The molecule has 2 heterocycles. The van der Waals surface area contributed by atoms with Crippen molar-refractivity contribution in [2.75, 3.05) is 10.7 Å². The Morgan fingerprint density at radius 2 is 2.22 bits per heavy atom. The van der Waals surface area contributed by atoms with Gasteiger partial charge in [-0.05, 0) is 19.1 Å². The molecule has 0 aliphatic rings. The normalized spacial score (nSPS) is 10.2. The molecule has 0 aliphatic carbocycles. The number of hydrogen-bond donors (Lipinski definition) is 3. The number of carbonyl (C=O) groups excluding carboxylic acids is 1. The van der Waals surface area contributed by atoms with E-state index in [0.717, 1.165) is 5.69 Å². The lowest BCUT2D eigenvalue weighted by atomic mass is 10.2. The Labute approximate surface area is 104 Å². The summed E-state index contributed by atoms with van der Waals surface area (Å²) < 4.78 is 1.64. The predicted molar refractivity (Wildman–Crippen MR) is 67.9 cm³/mol. The van der Waals surface area contributed by atoms with Gasteiger partial charge in [-0.15, -0.1) is 0 Å². The SMILES string of the molecule is Cc1nn(C)cc1NC(=O)c1ccc(NN)nc1. The number of aryl methyl sites for hydroxylation is 2. The zero-order chi connectivity index (χ0) is 13.1. The first-order valence-corrected chi connectivity index (χ1v) is 5.34. The number of pyridine rings is 1. The highest BCUT2D eigenvalue weighted by atomic mass is 16.1. The van der Waals surface area contributed by atoms with Crippen LogP contribution in [0.1, 0.15) is 16.1 Å². The highest BCUT2D eigenvalue weighted by Gasteiger charge is 2.10. The van der Waals surface area contributed by atoms with Crippen LogP contribution in [0.5, 0.6) is 0 Å². The molecule has 0 bridgehead atoms. The lowest BCUT2D eigenvalue weighted by molar-refractivity contribution is 0.102. The number of hydrogen-bond acceptors (Lipinski definition) is 5. The van der Waals surface area contributed by atoms with Gasteiger partial charge in [-0.3, -0.25) is 9.48 Å². The molecule has 0 spiro atoms. The topological polar surface area (TPSA) is 97.9 Å². The van der Waals surface area contributed by atoms with E-state index in [-0.39, 0.29) is 5.91 Å². The summed E-state index contributed by atoms with van der Waals surface area (Å²) in [6.07, 6.45) is 3.20. The maximum atomic E-state index is 11.9. The number of rotatable bonds is 3. The van der Waals surface area contributed by atoms with Crippen molar-refractivity contribution in [3.05, 3.63) is 35.8 Å². The van der Waals surface area contributed by atoms with Crippen LogP contribution in [-0.4, -0.2) is 20.7 Å². The van der Waals surface area contributed by atoms with Crippen LogP contribution < -0.4 is 16.6 Å². The fraction of sp³-hybridized carbons (Fsp3) is 0.182. The van der Waals surface area contributed by atoms with E-state index in [1.54, 1.807) is 30.1 Å². The largest absolute Gasteiger partial charge is 0.319 e. The summed E-state index contributed by atoms with van der Waals surface area (Å²) >= 11 is 0. The number of nitrogen functional groups attached to an aromatic ring is 1. The third-order valence-corrected chi connectivity index (χ3v) is 2.44. The van der Waals surface area contributed by atoms with Gasteiger partial charge in [0.05, 0.1) is 16.9 Å². The van der Waals surface area contributed by atoms with E-state index in [9.17, 15) is 4.79 Å². The van der Waals surface area contributed by atoms with Crippen LogP contribution in [-0.2, 0) is 7.05 Å². The lowest BCUT2D eigenvalue weighted by Gasteiger charge is -2.04. The molecule has 0 aromatic carbocycles. The second kappa shape index (κ2) is 4.84. The Morgan fingerprint density at radius 1 is 1.44 bits per heavy atom. The number of anilines is 2. The molecule has 0 fully saturated rings. The fourth-order valence-electron chi connectivity index (χ4n) is 1.53. The Hall–Kier alpha value is -2.41. The third-order valence-electron chi connectivity index (χ3n) is 2.44. The zero-order valence-electron chi connectivity index (χ0n) is 10.1. The number of nitrogens with zero attached hydrogens (tertiary/aromatic N) is 3. The Bertz CT molecular complexity index is 559. The number of nitrogens with one attached hydrogen (secondary N) is 2. The first-order valence-electron chi connectivity index (χ1n) is 5.34. The summed E-state index contributed by atoms with van der Waals surface area (Å²) in [4.78, 5) is 15.9. The summed E-state index contributed by atoms with van der Waals surface area (Å²) in [5.41, 5.74) is 4.30. The molecule has 0 radical (unpaired) electrons.